The van der Waals surface area contributed by atoms with Crippen molar-refractivity contribution in [3.8, 4) is 0 Å². The zero-order valence-corrected chi connectivity index (χ0v) is 13.9. The second-order valence-electron chi connectivity index (χ2n) is 3.79. The number of halogens is 5. The minimum atomic E-state index is -3.37. The van der Waals surface area contributed by atoms with E-state index in [-0.39, 0.29) is 0 Å². The molecule has 0 radical (unpaired) electrons. The first-order valence-electron chi connectivity index (χ1n) is 5.02. The molecule has 2 aromatic carbocycles. The highest BCUT2D eigenvalue weighted by Gasteiger charge is 2.26. The van der Waals surface area contributed by atoms with Crippen LogP contribution in [0.25, 0.3) is 0 Å². The topological polar surface area (TPSA) is 17.1 Å². The predicted molar refractivity (Wildman–Crippen MR) is 85.7 cm³/mol. The van der Waals surface area contributed by atoms with Crippen molar-refractivity contribution in [1.29, 1.82) is 0 Å². The molecule has 2 rings (SSSR count). The molecule has 0 fully saturated rings. The van der Waals surface area contributed by atoms with Crippen LogP contribution in [0.3, 0.4) is 0 Å². The summed E-state index contributed by atoms with van der Waals surface area (Å²) in [6.45, 7) is -3.37. The molecule has 0 aliphatic rings. The first-order valence-corrected chi connectivity index (χ1v) is 9.14. The molecule has 7 heteroatoms. The molecule has 2 aromatic rings. The lowest BCUT2D eigenvalue weighted by atomic mass is 10.3. The highest BCUT2D eigenvalue weighted by Crippen LogP contribution is 2.50. The average molecular weight is 374 g/mol. The fourth-order valence-corrected chi connectivity index (χ4v) is 5.02. The van der Waals surface area contributed by atoms with Gasteiger partial charge in [-0.1, -0.05) is 46.4 Å². The van der Waals surface area contributed by atoms with Crippen molar-refractivity contribution >= 4 is 74.7 Å². The molecule has 0 bridgehead atoms. The maximum Gasteiger partial charge on any atom is 0.225 e. The van der Waals surface area contributed by atoms with Crippen LogP contribution in [-0.4, -0.2) is 0 Å². The molecule has 19 heavy (non-hydrogen) atoms. The Bertz CT molecular complexity index is 590. The summed E-state index contributed by atoms with van der Waals surface area (Å²) in [6, 6.07) is 9.11. The minimum absolute atomic E-state index is 0.338. The Morgan fingerprint density at radius 3 is 1.16 bits per heavy atom. The van der Waals surface area contributed by atoms with Gasteiger partial charge in [-0.25, -0.2) is 0 Å². The van der Waals surface area contributed by atoms with Crippen molar-refractivity contribution in [2.24, 2.45) is 0 Å². The Morgan fingerprint density at radius 1 is 0.632 bits per heavy atom. The van der Waals surface area contributed by atoms with Crippen LogP contribution in [-0.2, 0) is 4.57 Å². The molecule has 0 unspecified atom stereocenters. The quantitative estimate of drug-likeness (QED) is 0.610. The third-order valence-corrected chi connectivity index (χ3v) is 6.25. The number of hydrogen-bond acceptors (Lipinski definition) is 1. The Morgan fingerprint density at radius 2 is 0.895 bits per heavy atom. The molecule has 0 aromatic heterocycles. The SMILES string of the molecule is O=P(Cl)(c1cc(Cl)cc(Cl)c1)c1cc(Cl)cc(Cl)c1. The van der Waals surface area contributed by atoms with Gasteiger partial charge in [-0.05, 0) is 47.6 Å². The van der Waals surface area contributed by atoms with E-state index in [0.717, 1.165) is 0 Å². The lowest BCUT2D eigenvalue weighted by Crippen LogP contribution is -2.12. The van der Waals surface area contributed by atoms with Crippen molar-refractivity contribution in [2.75, 3.05) is 0 Å². The maximum atomic E-state index is 12.8. The van der Waals surface area contributed by atoms with E-state index in [9.17, 15) is 4.57 Å². The zero-order valence-electron chi connectivity index (χ0n) is 9.21. The van der Waals surface area contributed by atoms with E-state index in [0.29, 0.717) is 30.7 Å². The fourth-order valence-electron chi connectivity index (χ4n) is 1.56. The van der Waals surface area contributed by atoms with Gasteiger partial charge >= 0.3 is 0 Å². The van der Waals surface area contributed by atoms with Crippen LogP contribution in [0.15, 0.2) is 36.4 Å². The third kappa shape index (κ3) is 3.61. The van der Waals surface area contributed by atoms with E-state index >= 15 is 0 Å². The average Bonchev–Trinajstić information content (AvgIpc) is 2.26. The second kappa shape index (κ2) is 5.85. The molecule has 0 saturated carbocycles. The van der Waals surface area contributed by atoms with Crippen molar-refractivity contribution in [3.05, 3.63) is 56.5 Å². The maximum absolute atomic E-state index is 12.8. The summed E-state index contributed by atoms with van der Waals surface area (Å²) in [5, 5.41) is 2.11. The molecule has 0 atom stereocenters. The summed E-state index contributed by atoms with van der Waals surface area (Å²) in [4.78, 5) is 0. The summed E-state index contributed by atoms with van der Waals surface area (Å²) in [7, 11) is 0. The first kappa shape index (κ1) is 15.5. The molecule has 0 saturated heterocycles. The molecule has 0 N–H and O–H groups in total. The van der Waals surface area contributed by atoms with Gasteiger partial charge in [-0.3, -0.25) is 4.57 Å². The lowest BCUT2D eigenvalue weighted by molar-refractivity contribution is 0.595. The van der Waals surface area contributed by atoms with Gasteiger partial charge in [0.2, 0.25) is 6.49 Å². The van der Waals surface area contributed by atoms with Gasteiger partial charge < -0.3 is 0 Å². The van der Waals surface area contributed by atoms with Gasteiger partial charge in [0.05, 0.1) is 0 Å². The summed E-state index contributed by atoms with van der Waals surface area (Å²) >= 11 is 29.8. The lowest BCUT2D eigenvalue weighted by Gasteiger charge is -2.13. The monoisotopic (exact) mass is 372 g/mol. The largest absolute Gasteiger partial charge is 0.296 e. The van der Waals surface area contributed by atoms with E-state index in [1.165, 1.54) is 36.4 Å². The second-order valence-corrected chi connectivity index (χ2v) is 9.06. The Labute approximate surface area is 135 Å². The van der Waals surface area contributed by atoms with Crippen LogP contribution in [0.5, 0.6) is 0 Å². The first-order chi connectivity index (χ1) is 8.79. The van der Waals surface area contributed by atoms with Crippen LogP contribution in [0, 0.1) is 0 Å². The molecule has 1 nitrogen and oxygen atoms in total. The Balaban J connectivity index is 2.61. The van der Waals surface area contributed by atoms with Crippen molar-refractivity contribution in [3.63, 3.8) is 0 Å². The van der Waals surface area contributed by atoms with Gasteiger partial charge in [0.1, 0.15) is 0 Å². The molecular weight excluding hydrogens is 368 g/mol. The molecule has 0 aliphatic carbocycles. The van der Waals surface area contributed by atoms with E-state index in [1.54, 1.807) is 0 Å². The summed E-state index contributed by atoms with van der Waals surface area (Å²) in [5.74, 6) is 0. The van der Waals surface area contributed by atoms with Gasteiger partial charge in [0, 0.05) is 30.7 Å². The molecule has 0 heterocycles. The molecule has 0 amide bonds. The van der Waals surface area contributed by atoms with Gasteiger partial charge in [0.15, 0.2) is 0 Å². The van der Waals surface area contributed by atoms with Gasteiger partial charge in [-0.2, -0.15) is 0 Å². The normalized spacial score (nSPS) is 11.6. The summed E-state index contributed by atoms with van der Waals surface area (Å²) in [6.07, 6.45) is 0. The van der Waals surface area contributed by atoms with Crippen LogP contribution < -0.4 is 10.6 Å². The van der Waals surface area contributed by atoms with E-state index in [4.69, 9.17) is 57.6 Å². The van der Waals surface area contributed by atoms with E-state index in [1.807, 2.05) is 0 Å². The number of benzene rings is 2. The molecule has 100 valence electrons. The Kier molecular flexibility index (Phi) is 4.78. The smallest absolute Gasteiger partial charge is 0.225 e. The van der Waals surface area contributed by atoms with E-state index < -0.39 is 6.49 Å². The van der Waals surface area contributed by atoms with Crippen molar-refractivity contribution in [2.45, 2.75) is 0 Å². The highest BCUT2D eigenvalue weighted by atomic mass is 35.7. The fraction of sp³-hybridized carbons (Fsp3) is 0. The van der Waals surface area contributed by atoms with Crippen LogP contribution >= 0.6 is 64.1 Å². The Hall–Kier alpha value is 0.120. The standard InChI is InChI=1S/C12H6Cl5OP/c13-7-1-8(14)4-11(3-7)19(17,18)12-5-9(15)2-10(16)6-12/h1-6H. The molecule has 0 aliphatic heterocycles. The third-order valence-electron chi connectivity index (χ3n) is 2.36. The summed E-state index contributed by atoms with van der Waals surface area (Å²) < 4.78 is 12.8. The van der Waals surface area contributed by atoms with Crippen molar-refractivity contribution in [1.82, 2.24) is 0 Å². The molecule has 0 spiro atoms. The predicted octanol–water partition coefficient (Wildman–Crippen LogP) is 5.77. The molecular formula is C12H6Cl5OP. The highest BCUT2D eigenvalue weighted by molar-refractivity contribution is 8.00. The van der Waals surface area contributed by atoms with Gasteiger partial charge in [-0.15, -0.1) is 0 Å². The van der Waals surface area contributed by atoms with E-state index in [2.05, 4.69) is 0 Å². The van der Waals surface area contributed by atoms with Crippen molar-refractivity contribution < 1.29 is 4.57 Å². The van der Waals surface area contributed by atoms with Crippen LogP contribution in [0.2, 0.25) is 20.1 Å². The van der Waals surface area contributed by atoms with Gasteiger partial charge in [0.25, 0.3) is 0 Å². The zero-order chi connectivity index (χ0) is 14.2. The number of hydrogen-bond donors (Lipinski definition) is 0. The minimum Gasteiger partial charge on any atom is -0.296 e. The van der Waals surface area contributed by atoms with Crippen LogP contribution in [0.4, 0.5) is 0 Å². The van der Waals surface area contributed by atoms with Crippen LogP contribution in [0.1, 0.15) is 0 Å². The summed E-state index contributed by atoms with van der Waals surface area (Å²) in [5.41, 5.74) is 0. The number of rotatable bonds is 2.